The van der Waals surface area contributed by atoms with Gasteiger partial charge in [0.2, 0.25) is 6.54 Å². The topological polar surface area (TPSA) is 92.8 Å². The summed E-state index contributed by atoms with van der Waals surface area (Å²) in [5.74, 6) is 3.44. The number of hydroxylamine groups is 1. The molecule has 1 unspecified atom stereocenters. The zero-order valence-electron chi connectivity index (χ0n) is 13.2. The molecule has 1 heterocycles. The molecule has 0 bridgehead atoms. The minimum absolute atomic E-state index is 0.231. The van der Waals surface area contributed by atoms with E-state index in [4.69, 9.17) is 9.25 Å². The highest BCUT2D eigenvalue weighted by molar-refractivity contribution is 7.98. The van der Waals surface area contributed by atoms with Gasteiger partial charge in [-0.25, -0.2) is 0 Å². The molecule has 0 fully saturated rings. The first kappa shape index (κ1) is 18.9. The second-order valence-corrected chi connectivity index (χ2v) is 6.09. The molecule has 0 spiro atoms. The van der Waals surface area contributed by atoms with Gasteiger partial charge in [-0.1, -0.05) is 0 Å². The van der Waals surface area contributed by atoms with Crippen molar-refractivity contribution in [2.24, 2.45) is 0 Å². The van der Waals surface area contributed by atoms with E-state index in [0.717, 1.165) is 29.6 Å². The Kier molecular flexibility index (Phi) is 9.09. The lowest BCUT2D eigenvalue weighted by Crippen LogP contribution is -2.45. The predicted molar refractivity (Wildman–Crippen MR) is 86.1 cm³/mol. The summed E-state index contributed by atoms with van der Waals surface area (Å²) in [5, 5.41) is 13.1. The van der Waals surface area contributed by atoms with E-state index in [2.05, 4.69) is 15.7 Å². The van der Waals surface area contributed by atoms with Crippen LogP contribution in [-0.2, 0) is 17.1 Å². The van der Waals surface area contributed by atoms with Gasteiger partial charge in [0.05, 0.1) is 18.9 Å². The predicted octanol–water partition coefficient (Wildman–Crippen LogP) is 0.918. The van der Waals surface area contributed by atoms with Crippen molar-refractivity contribution in [1.29, 1.82) is 0 Å². The van der Waals surface area contributed by atoms with Crippen LogP contribution in [0.3, 0.4) is 0 Å². The van der Waals surface area contributed by atoms with Crippen LogP contribution in [0.4, 0.5) is 0 Å². The van der Waals surface area contributed by atoms with Gasteiger partial charge in [-0.15, -0.1) is 0 Å². The number of nitrogens with zero attached hydrogens (tertiary/aromatic N) is 2. The molecule has 9 heteroatoms. The fraction of sp³-hybridized carbons (Fsp3) is 0.692. The van der Waals surface area contributed by atoms with Gasteiger partial charge in [-0.3, -0.25) is 20.3 Å². The standard InChI is InChI=1S/C13H24N4O4S/c1-14-13(9-17(18)19)15-20-6-7-22-10-12-5-4-11(21-12)8-16(2)3/h4-5,13-15H,6-10H2,1-3H3. The highest BCUT2D eigenvalue weighted by atomic mass is 32.2. The third-order valence-corrected chi connectivity index (χ3v) is 3.61. The maximum absolute atomic E-state index is 10.4. The molecule has 126 valence electrons. The van der Waals surface area contributed by atoms with Crippen LogP contribution in [0.25, 0.3) is 0 Å². The van der Waals surface area contributed by atoms with Gasteiger partial charge in [0, 0.05) is 10.7 Å². The number of hydrogen-bond donors (Lipinski definition) is 2. The quantitative estimate of drug-likeness (QED) is 0.253. The van der Waals surface area contributed by atoms with Crippen LogP contribution in [-0.4, -0.2) is 56.0 Å². The minimum atomic E-state index is -0.487. The maximum Gasteiger partial charge on any atom is 0.234 e. The van der Waals surface area contributed by atoms with E-state index in [0.29, 0.717) is 6.61 Å². The van der Waals surface area contributed by atoms with Gasteiger partial charge in [-0.2, -0.15) is 17.2 Å². The van der Waals surface area contributed by atoms with E-state index < -0.39 is 11.1 Å². The lowest BCUT2D eigenvalue weighted by molar-refractivity contribution is -0.486. The first-order valence-electron chi connectivity index (χ1n) is 6.97. The average Bonchev–Trinajstić information content (AvgIpc) is 2.87. The van der Waals surface area contributed by atoms with Crippen molar-refractivity contribution in [3.63, 3.8) is 0 Å². The zero-order chi connectivity index (χ0) is 16.4. The van der Waals surface area contributed by atoms with Crippen molar-refractivity contribution in [3.8, 4) is 0 Å². The molecule has 0 amide bonds. The molecule has 0 saturated heterocycles. The number of nitrogens with one attached hydrogen (secondary N) is 2. The summed E-state index contributed by atoms with van der Waals surface area (Å²) in [7, 11) is 5.64. The Hall–Kier alpha value is -1.13. The first-order chi connectivity index (χ1) is 10.5. The number of thioether (sulfide) groups is 1. The molecule has 0 aliphatic carbocycles. The highest BCUT2D eigenvalue weighted by Crippen LogP contribution is 2.16. The zero-order valence-corrected chi connectivity index (χ0v) is 14.0. The maximum atomic E-state index is 10.4. The second-order valence-electron chi connectivity index (χ2n) is 4.98. The van der Waals surface area contributed by atoms with E-state index >= 15 is 0 Å². The van der Waals surface area contributed by atoms with Gasteiger partial charge in [-0.05, 0) is 33.3 Å². The molecule has 0 aromatic carbocycles. The molecule has 1 rings (SSSR count). The monoisotopic (exact) mass is 332 g/mol. The van der Waals surface area contributed by atoms with E-state index in [1.54, 1.807) is 18.8 Å². The molecule has 1 atom stereocenters. The number of furan rings is 1. The minimum Gasteiger partial charge on any atom is -0.464 e. The normalized spacial score (nSPS) is 12.7. The Morgan fingerprint density at radius 3 is 2.82 bits per heavy atom. The van der Waals surface area contributed by atoms with Crippen LogP contribution in [0.2, 0.25) is 0 Å². The molecule has 0 aliphatic heterocycles. The Balaban J connectivity index is 2.10. The van der Waals surface area contributed by atoms with Crippen LogP contribution in [0.5, 0.6) is 0 Å². The van der Waals surface area contributed by atoms with Crippen LogP contribution >= 0.6 is 11.8 Å². The number of hydrogen-bond acceptors (Lipinski definition) is 8. The fourth-order valence-electron chi connectivity index (χ4n) is 1.67. The van der Waals surface area contributed by atoms with Crippen LogP contribution < -0.4 is 10.8 Å². The van der Waals surface area contributed by atoms with Gasteiger partial charge < -0.3 is 9.32 Å². The third-order valence-electron chi connectivity index (χ3n) is 2.67. The number of likely N-dealkylation sites (N-methyl/N-ethyl adjacent to an activating group) is 1. The van der Waals surface area contributed by atoms with E-state index in [1.165, 1.54) is 0 Å². The summed E-state index contributed by atoms with van der Waals surface area (Å²) < 4.78 is 5.70. The molecule has 0 saturated carbocycles. The molecule has 0 aliphatic rings. The van der Waals surface area contributed by atoms with Gasteiger partial charge in [0.1, 0.15) is 17.7 Å². The van der Waals surface area contributed by atoms with Gasteiger partial charge in [0.15, 0.2) is 0 Å². The van der Waals surface area contributed by atoms with Crippen molar-refractivity contribution in [1.82, 2.24) is 15.7 Å². The SMILES string of the molecule is CNC(C[N+](=O)[O-])NOCCSCc1ccc(CN(C)C)o1. The van der Waals surface area contributed by atoms with Crippen molar-refractivity contribution < 1.29 is 14.2 Å². The summed E-state index contributed by atoms with van der Waals surface area (Å²) in [6.07, 6.45) is -0.487. The summed E-state index contributed by atoms with van der Waals surface area (Å²) in [6.45, 7) is 1.02. The van der Waals surface area contributed by atoms with Gasteiger partial charge >= 0.3 is 0 Å². The lowest BCUT2D eigenvalue weighted by atomic mass is 10.4. The highest BCUT2D eigenvalue weighted by Gasteiger charge is 2.11. The second kappa shape index (κ2) is 10.6. The van der Waals surface area contributed by atoms with Crippen molar-refractivity contribution in [3.05, 3.63) is 33.8 Å². The molecule has 1 aromatic heterocycles. The summed E-state index contributed by atoms with van der Waals surface area (Å²) in [4.78, 5) is 17.2. The molecule has 2 N–H and O–H groups in total. The average molecular weight is 332 g/mol. The smallest absolute Gasteiger partial charge is 0.234 e. The van der Waals surface area contributed by atoms with E-state index in [9.17, 15) is 10.1 Å². The van der Waals surface area contributed by atoms with Crippen LogP contribution in [0, 0.1) is 10.1 Å². The summed E-state index contributed by atoms with van der Waals surface area (Å²) >= 11 is 1.69. The van der Waals surface area contributed by atoms with Crippen molar-refractivity contribution in [2.75, 3.05) is 40.0 Å². The van der Waals surface area contributed by atoms with Gasteiger partial charge in [0.25, 0.3) is 0 Å². The van der Waals surface area contributed by atoms with Crippen molar-refractivity contribution in [2.45, 2.75) is 18.5 Å². The molecule has 0 radical (unpaired) electrons. The Morgan fingerprint density at radius 1 is 1.45 bits per heavy atom. The Bertz CT molecular complexity index is 441. The largest absolute Gasteiger partial charge is 0.464 e. The molecule has 22 heavy (non-hydrogen) atoms. The molecular formula is C13H24N4O4S. The van der Waals surface area contributed by atoms with E-state index in [-0.39, 0.29) is 6.54 Å². The first-order valence-corrected chi connectivity index (χ1v) is 8.13. The summed E-state index contributed by atoms with van der Waals surface area (Å²) in [6, 6.07) is 3.97. The van der Waals surface area contributed by atoms with E-state index in [1.807, 2.05) is 26.2 Å². The fourth-order valence-corrected chi connectivity index (χ4v) is 2.37. The Morgan fingerprint density at radius 2 is 2.18 bits per heavy atom. The Labute approximate surface area is 134 Å². The number of rotatable bonds is 12. The van der Waals surface area contributed by atoms with Crippen molar-refractivity contribution >= 4 is 11.8 Å². The molecule has 8 nitrogen and oxygen atoms in total. The van der Waals surface area contributed by atoms with Crippen LogP contribution in [0.15, 0.2) is 16.5 Å². The summed E-state index contributed by atoms with van der Waals surface area (Å²) in [5.41, 5.74) is 2.63. The molecular weight excluding hydrogens is 308 g/mol. The molecule has 1 aromatic rings. The lowest BCUT2D eigenvalue weighted by Gasteiger charge is -2.13. The van der Waals surface area contributed by atoms with Crippen LogP contribution in [0.1, 0.15) is 11.5 Å². The number of nitro groups is 1. The third kappa shape index (κ3) is 8.35.